The Labute approximate surface area is 109 Å². The van der Waals surface area contributed by atoms with E-state index in [0.717, 1.165) is 44.2 Å². The summed E-state index contributed by atoms with van der Waals surface area (Å²) in [5.41, 5.74) is 5.78. The Hall–Kier alpha value is -1.29. The Morgan fingerprint density at radius 1 is 1.56 bits per heavy atom. The van der Waals surface area contributed by atoms with Gasteiger partial charge in [0.2, 0.25) is 0 Å². The predicted molar refractivity (Wildman–Crippen MR) is 74.0 cm³/mol. The third-order valence-electron chi connectivity index (χ3n) is 3.36. The van der Waals surface area contributed by atoms with Gasteiger partial charge in [-0.15, -0.1) is 0 Å². The van der Waals surface area contributed by atoms with Crippen LogP contribution in [0.1, 0.15) is 26.2 Å². The lowest BCUT2D eigenvalue weighted by atomic mass is 9.98. The first-order chi connectivity index (χ1) is 8.85. The van der Waals surface area contributed by atoms with E-state index in [9.17, 15) is 0 Å². The lowest BCUT2D eigenvalue weighted by Gasteiger charge is -2.33. The van der Waals surface area contributed by atoms with Crippen LogP contribution in [0, 0.1) is 5.92 Å². The second-order valence-electron chi connectivity index (χ2n) is 4.86. The molecule has 2 N–H and O–H groups in total. The molecule has 1 saturated heterocycles. The van der Waals surface area contributed by atoms with Gasteiger partial charge in [0.1, 0.15) is 0 Å². The van der Waals surface area contributed by atoms with Crippen molar-refractivity contribution in [2.24, 2.45) is 11.7 Å². The molecule has 1 atom stereocenters. The van der Waals surface area contributed by atoms with Gasteiger partial charge < -0.3 is 15.4 Å². The SMILES string of the molecule is CCCOc1cccnc1N1CCCC(CN)C1. The van der Waals surface area contributed by atoms with Crippen molar-refractivity contribution in [1.82, 2.24) is 4.98 Å². The fourth-order valence-corrected chi connectivity index (χ4v) is 2.39. The Balaban J connectivity index is 2.11. The van der Waals surface area contributed by atoms with Gasteiger partial charge in [-0.3, -0.25) is 0 Å². The van der Waals surface area contributed by atoms with E-state index in [1.54, 1.807) is 0 Å². The van der Waals surface area contributed by atoms with E-state index < -0.39 is 0 Å². The quantitative estimate of drug-likeness (QED) is 0.867. The van der Waals surface area contributed by atoms with Gasteiger partial charge in [0.25, 0.3) is 0 Å². The highest BCUT2D eigenvalue weighted by atomic mass is 16.5. The molecule has 1 aromatic heterocycles. The normalized spacial score (nSPS) is 19.9. The number of pyridine rings is 1. The molecule has 2 rings (SSSR count). The molecule has 1 aromatic rings. The Kier molecular flexibility index (Phi) is 4.81. The van der Waals surface area contributed by atoms with Crippen LogP contribution >= 0.6 is 0 Å². The van der Waals surface area contributed by atoms with Gasteiger partial charge in [-0.25, -0.2) is 4.98 Å². The van der Waals surface area contributed by atoms with Crippen molar-refractivity contribution in [3.8, 4) is 5.75 Å². The summed E-state index contributed by atoms with van der Waals surface area (Å²) >= 11 is 0. The van der Waals surface area contributed by atoms with Gasteiger partial charge in [0.15, 0.2) is 11.6 Å². The van der Waals surface area contributed by atoms with Crippen LogP contribution < -0.4 is 15.4 Å². The van der Waals surface area contributed by atoms with Crippen LogP contribution in [0.4, 0.5) is 5.82 Å². The number of aromatic nitrogens is 1. The average molecular weight is 249 g/mol. The lowest BCUT2D eigenvalue weighted by molar-refractivity contribution is 0.314. The van der Waals surface area contributed by atoms with E-state index in [4.69, 9.17) is 10.5 Å². The molecule has 0 aliphatic carbocycles. The number of anilines is 1. The Morgan fingerprint density at radius 2 is 2.44 bits per heavy atom. The molecule has 0 aromatic carbocycles. The molecule has 1 aliphatic heterocycles. The molecular weight excluding hydrogens is 226 g/mol. The minimum Gasteiger partial charge on any atom is -0.490 e. The summed E-state index contributed by atoms with van der Waals surface area (Å²) in [5, 5.41) is 0. The third-order valence-corrected chi connectivity index (χ3v) is 3.36. The van der Waals surface area contributed by atoms with Crippen LogP contribution in [0.15, 0.2) is 18.3 Å². The van der Waals surface area contributed by atoms with Crippen molar-refractivity contribution in [2.45, 2.75) is 26.2 Å². The molecule has 0 radical (unpaired) electrons. The van der Waals surface area contributed by atoms with Gasteiger partial charge >= 0.3 is 0 Å². The lowest BCUT2D eigenvalue weighted by Crippen LogP contribution is -2.39. The topological polar surface area (TPSA) is 51.4 Å². The number of rotatable bonds is 5. The van der Waals surface area contributed by atoms with E-state index >= 15 is 0 Å². The number of nitrogens with zero attached hydrogens (tertiary/aromatic N) is 2. The second-order valence-corrected chi connectivity index (χ2v) is 4.86. The minimum absolute atomic E-state index is 0.583. The predicted octanol–water partition coefficient (Wildman–Crippen LogP) is 2.05. The summed E-state index contributed by atoms with van der Waals surface area (Å²) in [6.07, 6.45) is 5.26. The molecule has 4 nitrogen and oxygen atoms in total. The van der Waals surface area contributed by atoms with Crippen LogP contribution in [-0.2, 0) is 0 Å². The fraction of sp³-hybridized carbons (Fsp3) is 0.643. The van der Waals surface area contributed by atoms with Crippen LogP contribution in [0.5, 0.6) is 5.75 Å². The molecule has 1 fully saturated rings. The van der Waals surface area contributed by atoms with Gasteiger partial charge in [-0.1, -0.05) is 6.92 Å². The molecule has 0 bridgehead atoms. The molecule has 1 unspecified atom stereocenters. The maximum atomic E-state index is 5.78. The number of nitrogens with two attached hydrogens (primary N) is 1. The first-order valence-electron chi connectivity index (χ1n) is 6.88. The first-order valence-corrected chi connectivity index (χ1v) is 6.88. The molecule has 1 aliphatic rings. The molecule has 100 valence electrons. The first kappa shape index (κ1) is 13.1. The van der Waals surface area contributed by atoms with Crippen molar-refractivity contribution in [3.05, 3.63) is 18.3 Å². The van der Waals surface area contributed by atoms with Crippen LogP contribution in [-0.4, -0.2) is 31.2 Å². The van der Waals surface area contributed by atoms with E-state index in [2.05, 4.69) is 16.8 Å². The maximum absolute atomic E-state index is 5.78. The van der Waals surface area contributed by atoms with Gasteiger partial charge in [0.05, 0.1) is 6.61 Å². The Morgan fingerprint density at radius 3 is 3.22 bits per heavy atom. The molecule has 0 amide bonds. The summed E-state index contributed by atoms with van der Waals surface area (Å²) in [6, 6.07) is 3.93. The fourth-order valence-electron chi connectivity index (χ4n) is 2.39. The molecular formula is C14H23N3O. The highest BCUT2D eigenvalue weighted by Gasteiger charge is 2.22. The number of ether oxygens (including phenoxy) is 1. The van der Waals surface area contributed by atoms with Crippen molar-refractivity contribution < 1.29 is 4.74 Å². The highest BCUT2D eigenvalue weighted by molar-refractivity contribution is 5.52. The van der Waals surface area contributed by atoms with E-state index in [0.29, 0.717) is 5.92 Å². The smallest absolute Gasteiger partial charge is 0.171 e. The molecule has 2 heterocycles. The Bertz CT molecular complexity index is 370. The number of piperidine rings is 1. The zero-order chi connectivity index (χ0) is 12.8. The summed E-state index contributed by atoms with van der Waals surface area (Å²) in [7, 11) is 0. The van der Waals surface area contributed by atoms with Crippen molar-refractivity contribution >= 4 is 5.82 Å². The summed E-state index contributed by atoms with van der Waals surface area (Å²) < 4.78 is 5.77. The van der Waals surface area contributed by atoms with Gasteiger partial charge in [-0.05, 0) is 43.9 Å². The second kappa shape index (κ2) is 6.59. The van der Waals surface area contributed by atoms with Crippen LogP contribution in [0.2, 0.25) is 0 Å². The number of hydrogen-bond acceptors (Lipinski definition) is 4. The van der Waals surface area contributed by atoms with Crippen molar-refractivity contribution in [3.63, 3.8) is 0 Å². The van der Waals surface area contributed by atoms with Crippen molar-refractivity contribution in [2.75, 3.05) is 31.1 Å². The minimum atomic E-state index is 0.583. The highest BCUT2D eigenvalue weighted by Crippen LogP contribution is 2.29. The van der Waals surface area contributed by atoms with E-state index in [1.807, 2.05) is 18.3 Å². The third kappa shape index (κ3) is 3.13. The summed E-state index contributed by atoms with van der Waals surface area (Å²) in [4.78, 5) is 6.80. The number of hydrogen-bond donors (Lipinski definition) is 1. The van der Waals surface area contributed by atoms with E-state index in [1.165, 1.54) is 12.8 Å². The zero-order valence-electron chi connectivity index (χ0n) is 11.1. The largest absolute Gasteiger partial charge is 0.490 e. The summed E-state index contributed by atoms with van der Waals surface area (Å²) in [5.74, 6) is 2.46. The van der Waals surface area contributed by atoms with Crippen LogP contribution in [0.3, 0.4) is 0 Å². The molecule has 0 saturated carbocycles. The summed E-state index contributed by atoms with van der Waals surface area (Å²) in [6.45, 7) is 5.66. The standard InChI is InChI=1S/C14H23N3O/c1-2-9-18-13-6-3-7-16-14(13)17-8-4-5-12(10-15)11-17/h3,6-7,12H,2,4-5,8-11,15H2,1H3. The monoisotopic (exact) mass is 249 g/mol. The van der Waals surface area contributed by atoms with Crippen molar-refractivity contribution in [1.29, 1.82) is 0 Å². The average Bonchev–Trinajstić information content (AvgIpc) is 2.45. The zero-order valence-corrected chi connectivity index (χ0v) is 11.1. The van der Waals surface area contributed by atoms with Gasteiger partial charge in [-0.2, -0.15) is 0 Å². The maximum Gasteiger partial charge on any atom is 0.171 e. The molecule has 0 spiro atoms. The molecule has 18 heavy (non-hydrogen) atoms. The van der Waals surface area contributed by atoms with E-state index in [-0.39, 0.29) is 0 Å². The van der Waals surface area contributed by atoms with Gasteiger partial charge in [0, 0.05) is 19.3 Å². The van der Waals surface area contributed by atoms with Crippen LogP contribution in [0.25, 0.3) is 0 Å². The molecule has 4 heteroatoms.